The predicted molar refractivity (Wildman–Crippen MR) is 73.5 cm³/mol. The van der Waals surface area contributed by atoms with Crippen LogP contribution < -0.4 is 5.73 Å². The van der Waals surface area contributed by atoms with Gasteiger partial charge in [-0.2, -0.15) is 0 Å². The molecule has 0 saturated carbocycles. The van der Waals surface area contributed by atoms with Gasteiger partial charge in [0.15, 0.2) is 0 Å². The maximum absolute atomic E-state index is 9.27. The molecule has 96 valence electrons. The molecule has 0 heterocycles. The Morgan fingerprint density at radius 1 is 1.41 bits per heavy atom. The van der Waals surface area contributed by atoms with Crippen LogP contribution in [0.25, 0.3) is 0 Å². The van der Waals surface area contributed by atoms with Crippen LogP contribution in [0.1, 0.15) is 5.56 Å². The Labute approximate surface area is 111 Å². The van der Waals surface area contributed by atoms with E-state index in [1.54, 1.807) is 18.9 Å². The molecule has 0 amide bonds. The Kier molecular flexibility index (Phi) is 6.92. The first-order valence-electron chi connectivity index (χ1n) is 5.38. The van der Waals surface area contributed by atoms with Crippen molar-refractivity contribution in [3.8, 4) is 0 Å². The number of aliphatic hydroxyl groups is 1. The molecule has 1 rings (SSSR count). The second kappa shape index (κ2) is 7.95. The van der Waals surface area contributed by atoms with Crippen molar-refractivity contribution in [3.63, 3.8) is 0 Å². The van der Waals surface area contributed by atoms with E-state index in [4.69, 9.17) is 22.1 Å². The maximum Gasteiger partial charge on any atom is 0.0625 e. The number of hydrogen-bond donors (Lipinski definition) is 2. The quantitative estimate of drug-likeness (QED) is 0.798. The molecule has 0 radical (unpaired) electrons. The minimum absolute atomic E-state index is 0.00868. The van der Waals surface area contributed by atoms with E-state index in [1.165, 1.54) is 5.56 Å². The topological polar surface area (TPSA) is 55.5 Å². The second-order valence-corrected chi connectivity index (χ2v) is 5.44. The molecular weight excluding hydrogens is 258 g/mol. The van der Waals surface area contributed by atoms with Gasteiger partial charge in [-0.25, -0.2) is 0 Å². The normalized spacial score (nSPS) is 14.6. The van der Waals surface area contributed by atoms with Crippen molar-refractivity contribution >= 4 is 23.4 Å². The van der Waals surface area contributed by atoms with Crippen molar-refractivity contribution in [3.05, 3.63) is 34.9 Å². The largest absolute Gasteiger partial charge is 0.395 e. The number of rotatable bonds is 7. The molecule has 0 aliphatic rings. The number of benzene rings is 1. The fourth-order valence-corrected chi connectivity index (χ4v) is 2.55. The van der Waals surface area contributed by atoms with Gasteiger partial charge in [-0.05, 0) is 17.7 Å². The molecule has 0 saturated heterocycles. The highest BCUT2D eigenvalue weighted by molar-refractivity contribution is 7.99. The van der Waals surface area contributed by atoms with Gasteiger partial charge < -0.3 is 15.6 Å². The summed E-state index contributed by atoms with van der Waals surface area (Å²) in [6, 6.07) is 7.53. The van der Waals surface area contributed by atoms with Gasteiger partial charge in [-0.1, -0.05) is 23.7 Å². The minimum atomic E-state index is -0.151. The monoisotopic (exact) mass is 275 g/mol. The third-order valence-electron chi connectivity index (χ3n) is 2.39. The highest BCUT2D eigenvalue weighted by Crippen LogP contribution is 2.21. The van der Waals surface area contributed by atoms with Crippen LogP contribution >= 0.6 is 23.4 Å². The number of ether oxygens (including phenoxy) is 1. The molecule has 0 spiro atoms. The molecule has 0 aromatic heterocycles. The van der Waals surface area contributed by atoms with Gasteiger partial charge in [0.05, 0.1) is 13.2 Å². The van der Waals surface area contributed by atoms with Crippen LogP contribution in [0.3, 0.4) is 0 Å². The van der Waals surface area contributed by atoms with Gasteiger partial charge in [0.2, 0.25) is 0 Å². The average molecular weight is 276 g/mol. The van der Waals surface area contributed by atoms with Gasteiger partial charge in [-0.15, -0.1) is 11.8 Å². The van der Waals surface area contributed by atoms with Crippen molar-refractivity contribution in [2.75, 3.05) is 20.3 Å². The standard InChI is InChI=1S/C12H18ClNO2S/c1-16-7-11(14)12(6-15)17-8-9-2-4-10(13)5-3-9/h2-5,11-12,15H,6-8,14H2,1H3. The van der Waals surface area contributed by atoms with Crippen LogP contribution in [0, 0.1) is 0 Å². The molecule has 1 aromatic carbocycles. The van der Waals surface area contributed by atoms with Crippen molar-refractivity contribution in [2.24, 2.45) is 5.73 Å². The van der Waals surface area contributed by atoms with Crippen molar-refractivity contribution < 1.29 is 9.84 Å². The lowest BCUT2D eigenvalue weighted by Gasteiger charge is -2.20. The van der Waals surface area contributed by atoms with Crippen molar-refractivity contribution in [1.82, 2.24) is 0 Å². The summed E-state index contributed by atoms with van der Waals surface area (Å²) in [6.07, 6.45) is 0. The van der Waals surface area contributed by atoms with Gasteiger partial charge in [0, 0.05) is 29.2 Å². The predicted octanol–water partition coefficient (Wildman–Crippen LogP) is 1.91. The second-order valence-electron chi connectivity index (χ2n) is 3.78. The Morgan fingerprint density at radius 2 is 2.06 bits per heavy atom. The van der Waals surface area contributed by atoms with Crippen LogP contribution in [0.15, 0.2) is 24.3 Å². The summed E-state index contributed by atoms with van der Waals surface area (Å²) in [6.45, 7) is 0.516. The van der Waals surface area contributed by atoms with Crippen LogP contribution in [0.4, 0.5) is 0 Å². The number of halogens is 1. The van der Waals surface area contributed by atoms with Gasteiger partial charge in [-0.3, -0.25) is 0 Å². The Hall–Kier alpha value is -0.260. The zero-order valence-corrected chi connectivity index (χ0v) is 11.4. The number of aliphatic hydroxyl groups excluding tert-OH is 1. The van der Waals surface area contributed by atoms with E-state index in [-0.39, 0.29) is 17.9 Å². The first kappa shape index (κ1) is 14.8. The third kappa shape index (κ3) is 5.27. The van der Waals surface area contributed by atoms with Crippen LogP contribution in [0.5, 0.6) is 0 Å². The van der Waals surface area contributed by atoms with E-state index in [0.717, 1.165) is 10.8 Å². The Bertz CT molecular complexity index is 321. The lowest BCUT2D eigenvalue weighted by Crippen LogP contribution is -2.38. The van der Waals surface area contributed by atoms with E-state index in [0.29, 0.717) is 6.61 Å². The smallest absolute Gasteiger partial charge is 0.0625 e. The molecule has 17 heavy (non-hydrogen) atoms. The van der Waals surface area contributed by atoms with Crippen LogP contribution in [0.2, 0.25) is 5.02 Å². The fraction of sp³-hybridized carbons (Fsp3) is 0.500. The van der Waals surface area contributed by atoms with E-state index in [9.17, 15) is 5.11 Å². The number of methoxy groups -OCH3 is 1. The SMILES string of the molecule is COCC(N)C(CO)SCc1ccc(Cl)cc1. The first-order chi connectivity index (χ1) is 8.17. The molecule has 3 N–H and O–H groups in total. The summed E-state index contributed by atoms with van der Waals surface area (Å²) in [4.78, 5) is 0. The molecule has 3 nitrogen and oxygen atoms in total. The van der Waals surface area contributed by atoms with E-state index >= 15 is 0 Å². The number of thioether (sulfide) groups is 1. The summed E-state index contributed by atoms with van der Waals surface area (Å²) < 4.78 is 4.99. The first-order valence-corrected chi connectivity index (χ1v) is 6.81. The van der Waals surface area contributed by atoms with Gasteiger partial charge in [0.1, 0.15) is 0 Å². The van der Waals surface area contributed by atoms with Gasteiger partial charge >= 0.3 is 0 Å². The molecule has 0 bridgehead atoms. The summed E-state index contributed by atoms with van der Waals surface area (Å²) in [5, 5.41) is 9.99. The van der Waals surface area contributed by atoms with Crippen LogP contribution in [-0.4, -0.2) is 36.7 Å². The number of hydrogen-bond acceptors (Lipinski definition) is 4. The van der Waals surface area contributed by atoms with E-state index < -0.39 is 0 Å². The highest BCUT2D eigenvalue weighted by Gasteiger charge is 2.17. The fourth-order valence-electron chi connectivity index (χ4n) is 1.40. The molecular formula is C12H18ClNO2S. The van der Waals surface area contributed by atoms with Crippen molar-refractivity contribution in [1.29, 1.82) is 0 Å². The van der Waals surface area contributed by atoms with E-state index in [1.807, 2.05) is 24.3 Å². The lowest BCUT2D eigenvalue weighted by molar-refractivity contribution is 0.167. The maximum atomic E-state index is 9.27. The average Bonchev–Trinajstić information content (AvgIpc) is 2.32. The Balaban J connectivity index is 2.44. The van der Waals surface area contributed by atoms with Crippen LogP contribution in [-0.2, 0) is 10.5 Å². The molecule has 5 heteroatoms. The zero-order chi connectivity index (χ0) is 12.7. The lowest BCUT2D eigenvalue weighted by atomic mass is 10.2. The summed E-state index contributed by atoms with van der Waals surface area (Å²) in [5.74, 6) is 0.805. The molecule has 0 aliphatic carbocycles. The van der Waals surface area contributed by atoms with Crippen molar-refractivity contribution in [2.45, 2.75) is 17.0 Å². The molecule has 2 unspecified atom stereocenters. The summed E-state index contributed by atoms with van der Waals surface area (Å²) in [7, 11) is 1.61. The van der Waals surface area contributed by atoms with E-state index in [2.05, 4.69) is 0 Å². The zero-order valence-electron chi connectivity index (χ0n) is 9.80. The highest BCUT2D eigenvalue weighted by atomic mass is 35.5. The number of nitrogens with two attached hydrogens (primary N) is 1. The Morgan fingerprint density at radius 3 is 2.59 bits per heavy atom. The molecule has 0 aliphatic heterocycles. The molecule has 0 fully saturated rings. The summed E-state index contributed by atoms with van der Waals surface area (Å²) >= 11 is 7.44. The van der Waals surface area contributed by atoms with Gasteiger partial charge in [0.25, 0.3) is 0 Å². The third-order valence-corrected chi connectivity index (χ3v) is 4.07. The molecule has 2 atom stereocenters. The summed E-state index contributed by atoms with van der Waals surface area (Å²) in [5.41, 5.74) is 7.07. The minimum Gasteiger partial charge on any atom is -0.395 e. The molecule has 1 aromatic rings.